The highest BCUT2D eigenvalue weighted by molar-refractivity contribution is 5.76. The van der Waals surface area contributed by atoms with E-state index in [9.17, 15) is 5.11 Å². The molecule has 0 amide bonds. The first kappa shape index (κ1) is 17.4. The summed E-state index contributed by atoms with van der Waals surface area (Å²) < 4.78 is 0. The highest BCUT2D eigenvalue weighted by atomic mass is 16.3. The maximum absolute atomic E-state index is 9.59. The number of allylic oxidation sites excluding steroid dienone is 5. The summed E-state index contributed by atoms with van der Waals surface area (Å²) in [6, 6.07) is 11.7. The normalized spacial score (nSPS) is 11.0. The fourth-order valence-electron chi connectivity index (χ4n) is 2.30. The van der Waals surface area contributed by atoms with E-state index < -0.39 is 0 Å². The van der Waals surface area contributed by atoms with Gasteiger partial charge in [0, 0.05) is 11.1 Å². The molecule has 1 N–H and O–H groups in total. The third-order valence-electron chi connectivity index (χ3n) is 3.60. The Balaban J connectivity index is 2.60. The number of aromatic nitrogens is 1. The molecular weight excluding hydrogens is 294 g/mol. The zero-order valence-corrected chi connectivity index (χ0v) is 13.7. The van der Waals surface area contributed by atoms with Crippen molar-refractivity contribution in [3.63, 3.8) is 0 Å². The number of rotatable bonds is 7. The number of nitrogens with zero attached hydrogens (tertiary/aromatic N) is 1. The van der Waals surface area contributed by atoms with Crippen LogP contribution in [0.3, 0.4) is 0 Å². The van der Waals surface area contributed by atoms with Gasteiger partial charge in [0.25, 0.3) is 0 Å². The molecule has 120 valence electrons. The molecule has 0 aliphatic heterocycles. The number of hydrogen-bond donors (Lipinski definition) is 1. The predicted molar refractivity (Wildman–Crippen MR) is 103 cm³/mol. The van der Waals surface area contributed by atoms with Crippen molar-refractivity contribution >= 4 is 11.6 Å². The van der Waals surface area contributed by atoms with Crippen molar-refractivity contribution in [2.24, 2.45) is 0 Å². The molecule has 0 spiro atoms. The van der Waals surface area contributed by atoms with Gasteiger partial charge in [-0.3, -0.25) is 0 Å². The fourth-order valence-corrected chi connectivity index (χ4v) is 2.30. The molecular formula is C22H21NO. The van der Waals surface area contributed by atoms with E-state index in [1.54, 1.807) is 18.2 Å². The predicted octanol–water partition coefficient (Wildman–Crippen LogP) is 5.20. The average Bonchev–Trinajstić information content (AvgIpc) is 2.65. The summed E-state index contributed by atoms with van der Waals surface area (Å²) in [5.41, 5.74) is 5.90. The minimum absolute atomic E-state index is 0.0590. The zero-order valence-electron chi connectivity index (χ0n) is 13.7. The Kier molecular flexibility index (Phi) is 5.83. The van der Waals surface area contributed by atoms with Crippen molar-refractivity contribution in [3.05, 3.63) is 103 Å². The summed E-state index contributed by atoms with van der Waals surface area (Å²) in [5.74, 6) is 0. The van der Waals surface area contributed by atoms with E-state index in [0.717, 1.165) is 39.2 Å². The van der Waals surface area contributed by atoms with Crippen molar-refractivity contribution in [1.29, 1.82) is 0 Å². The third-order valence-corrected chi connectivity index (χ3v) is 3.60. The van der Waals surface area contributed by atoms with Crippen molar-refractivity contribution in [2.45, 2.75) is 6.61 Å². The van der Waals surface area contributed by atoms with Crippen LogP contribution in [0.25, 0.3) is 22.9 Å². The van der Waals surface area contributed by atoms with Gasteiger partial charge in [-0.2, -0.15) is 0 Å². The van der Waals surface area contributed by atoms with Crippen LogP contribution in [0.15, 0.2) is 86.5 Å². The van der Waals surface area contributed by atoms with Gasteiger partial charge in [-0.15, -0.1) is 0 Å². The number of hydrogen-bond acceptors (Lipinski definition) is 2. The van der Waals surface area contributed by atoms with E-state index >= 15 is 0 Å². The van der Waals surface area contributed by atoms with Crippen LogP contribution in [0, 0.1) is 0 Å². The van der Waals surface area contributed by atoms with E-state index in [0.29, 0.717) is 0 Å². The van der Waals surface area contributed by atoms with Crippen LogP contribution in [0.5, 0.6) is 0 Å². The zero-order chi connectivity index (χ0) is 17.5. The lowest BCUT2D eigenvalue weighted by molar-refractivity contribution is 0.281. The minimum Gasteiger partial charge on any atom is -0.392 e. The van der Waals surface area contributed by atoms with Crippen LogP contribution in [0.2, 0.25) is 0 Å². The Morgan fingerprint density at radius 1 is 1.08 bits per heavy atom. The van der Waals surface area contributed by atoms with Gasteiger partial charge in [-0.25, -0.2) is 4.98 Å². The van der Waals surface area contributed by atoms with Gasteiger partial charge in [0.1, 0.15) is 0 Å². The molecule has 0 atom stereocenters. The SMILES string of the molecule is C=CC(=C)/C=C(\C=C)c1cc(CO)cc(-c2cccc(C=C)c2)n1. The van der Waals surface area contributed by atoms with Gasteiger partial charge in [0.05, 0.1) is 18.0 Å². The molecule has 2 nitrogen and oxygen atoms in total. The van der Waals surface area contributed by atoms with E-state index in [1.807, 2.05) is 42.5 Å². The standard InChI is InChI=1S/C22H21NO/c1-5-16(4)11-19(7-3)21-13-18(15-24)14-22(23-21)20-10-8-9-17(6-2)12-20/h5-14,24H,1-4,15H2/b19-11+. The summed E-state index contributed by atoms with van der Waals surface area (Å²) in [5, 5.41) is 9.59. The summed E-state index contributed by atoms with van der Waals surface area (Å²) >= 11 is 0. The van der Waals surface area contributed by atoms with Gasteiger partial charge < -0.3 is 5.11 Å². The lowest BCUT2D eigenvalue weighted by Gasteiger charge is -2.10. The molecule has 0 aliphatic carbocycles. The molecule has 0 unspecified atom stereocenters. The first-order valence-corrected chi connectivity index (χ1v) is 7.61. The first-order chi connectivity index (χ1) is 11.6. The van der Waals surface area contributed by atoms with Crippen molar-refractivity contribution < 1.29 is 5.11 Å². The molecule has 1 heterocycles. The second-order valence-corrected chi connectivity index (χ2v) is 5.32. The van der Waals surface area contributed by atoms with Gasteiger partial charge >= 0.3 is 0 Å². The first-order valence-electron chi connectivity index (χ1n) is 7.61. The highest BCUT2D eigenvalue weighted by Gasteiger charge is 2.08. The summed E-state index contributed by atoms with van der Waals surface area (Å²) in [6.07, 6.45) is 7.06. The lowest BCUT2D eigenvalue weighted by atomic mass is 10.0. The molecule has 0 saturated carbocycles. The van der Waals surface area contributed by atoms with E-state index in [-0.39, 0.29) is 6.61 Å². The second-order valence-electron chi connectivity index (χ2n) is 5.32. The topological polar surface area (TPSA) is 33.1 Å². The fraction of sp³-hybridized carbons (Fsp3) is 0.0455. The van der Waals surface area contributed by atoms with Crippen molar-refractivity contribution in [1.82, 2.24) is 4.98 Å². The largest absolute Gasteiger partial charge is 0.392 e. The summed E-state index contributed by atoms with van der Waals surface area (Å²) in [7, 11) is 0. The van der Waals surface area contributed by atoms with Crippen LogP contribution >= 0.6 is 0 Å². The molecule has 24 heavy (non-hydrogen) atoms. The highest BCUT2D eigenvalue weighted by Crippen LogP contribution is 2.25. The van der Waals surface area contributed by atoms with Gasteiger partial charge in [-0.1, -0.05) is 62.7 Å². The molecule has 2 aromatic rings. The Bertz CT molecular complexity index is 828. The average molecular weight is 315 g/mol. The quantitative estimate of drug-likeness (QED) is 0.713. The second kappa shape index (κ2) is 8.04. The van der Waals surface area contributed by atoms with E-state index in [2.05, 4.69) is 26.3 Å². The molecule has 1 aromatic carbocycles. The van der Waals surface area contributed by atoms with Crippen LogP contribution in [0.1, 0.15) is 16.8 Å². The van der Waals surface area contributed by atoms with Gasteiger partial charge in [0.15, 0.2) is 0 Å². The Hall–Kier alpha value is -2.97. The monoisotopic (exact) mass is 315 g/mol. The van der Waals surface area contributed by atoms with Crippen LogP contribution in [-0.4, -0.2) is 10.1 Å². The smallest absolute Gasteiger partial charge is 0.0713 e. The molecule has 2 rings (SSSR count). The van der Waals surface area contributed by atoms with Crippen LogP contribution < -0.4 is 0 Å². The Morgan fingerprint density at radius 2 is 1.88 bits per heavy atom. The van der Waals surface area contributed by atoms with E-state index in [4.69, 9.17) is 4.98 Å². The number of aliphatic hydroxyl groups is 1. The Morgan fingerprint density at radius 3 is 2.50 bits per heavy atom. The summed E-state index contributed by atoms with van der Waals surface area (Å²) in [6.45, 7) is 15.2. The van der Waals surface area contributed by atoms with Crippen LogP contribution in [-0.2, 0) is 6.61 Å². The number of pyridine rings is 1. The molecule has 1 aromatic heterocycles. The minimum atomic E-state index is -0.0590. The molecule has 2 heteroatoms. The molecule has 0 bridgehead atoms. The van der Waals surface area contributed by atoms with Crippen molar-refractivity contribution in [2.75, 3.05) is 0 Å². The van der Waals surface area contributed by atoms with Crippen molar-refractivity contribution in [3.8, 4) is 11.3 Å². The van der Waals surface area contributed by atoms with Gasteiger partial charge in [-0.05, 0) is 41.0 Å². The summed E-state index contributed by atoms with van der Waals surface area (Å²) in [4.78, 5) is 4.73. The third kappa shape index (κ3) is 4.06. The number of benzene rings is 1. The maximum atomic E-state index is 9.59. The number of aliphatic hydroxyl groups excluding tert-OH is 1. The van der Waals surface area contributed by atoms with Crippen LogP contribution in [0.4, 0.5) is 0 Å². The molecule has 0 fully saturated rings. The maximum Gasteiger partial charge on any atom is 0.0713 e. The lowest BCUT2D eigenvalue weighted by Crippen LogP contribution is -1.96. The van der Waals surface area contributed by atoms with Gasteiger partial charge in [0.2, 0.25) is 0 Å². The molecule has 0 aliphatic rings. The Labute approximate surface area is 143 Å². The van der Waals surface area contributed by atoms with E-state index in [1.165, 1.54) is 0 Å². The molecule has 0 radical (unpaired) electrons. The molecule has 0 saturated heterocycles.